The van der Waals surface area contributed by atoms with Gasteiger partial charge in [0.2, 0.25) is 5.91 Å². The lowest BCUT2D eigenvalue weighted by Crippen LogP contribution is -2.47. The Bertz CT molecular complexity index is 427. The van der Waals surface area contributed by atoms with E-state index >= 15 is 0 Å². The highest BCUT2D eigenvalue weighted by Gasteiger charge is 2.33. The molecule has 0 bridgehead atoms. The third kappa shape index (κ3) is 5.14. The summed E-state index contributed by atoms with van der Waals surface area (Å²) in [6.07, 6.45) is 0.760. The lowest BCUT2D eigenvalue weighted by atomic mass is 9.86. The quantitative estimate of drug-likeness (QED) is 0.796. The molecule has 1 atom stereocenters. The number of carbonyl (C=O) groups is 1. The molecule has 0 saturated carbocycles. The number of nitrogens with zero attached hydrogens (tertiary/aromatic N) is 2. The third-order valence-electron chi connectivity index (χ3n) is 4.07. The van der Waals surface area contributed by atoms with Crippen molar-refractivity contribution in [3.63, 3.8) is 0 Å². The summed E-state index contributed by atoms with van der Waals surface area (Å²) in [6.45, 7) is 6.58. The highest BCUT2D eigenvalue weighted by molar-refractivity contribution is 5.82. The van der Waals surface area contributed by atoms with E-state index in [2.05, 4.69) is 17.0 Å². The molecule has 0 radical (unpaired) electrons. The van der Waals surface area contributed by atoms with E-state index in [0.29, 0.717) is 13.1 Å². The van der Waals surface area contributed by atoms with Crippen LogP contribution in [0.3, 0.4) is 0 Å². The molecule has 2 N–H and O–H groups in total. The molecule has 1 amide bonds. The van der Waals surface area contributed by atoms with Crippen molar-refractivity contribution in [1.29, 1.82) is 0 Å². The van der Waals surface area contributed by atoms with E-state index in [4.69, 9.17) is 5.73 Å². The molecule has 21 heavy (non-hydrogen) atoms. The van der Waals surface area contributed by atoms with Crippen LogP contribution in [0.5, 0.6) is 0 Å². The Hall–Kier alpha value is -1.39. The summed E-state index contributed by atoms with van der Waals surface area (Å²) in [4.78, 5) is 16.9. The average Bonchev–Trinajstić information content (AvgIpc) is 2.50. The summed E-state index contributed by atoms with van der Waals surface area (Å²) in [5, 5.41) is 0. The Labute approximate surface area is 128 Å². The van der Waals surface area contributed by atoms with Crippen molar-refractivity contribution in [2.75, 3.05) is 33.7 Å². The van der Waals surface area contributed by atoms with Gasteiger partial charge in [-0.05, 0) is 33.0 Å². The minimum Gasteiger partial charge on any atom is -0.337 e. The molecular formula is C17H29N3O. The lowest BCUT2D eigenvalue weighted by molar-refractivity contribution is -0.141. The zero-order valence-electron chi connectivity index (χ0n) is 13.8. The number of carbonyl (C=O) groups excluding carboxylic acids is 1. The Balaban J connectivity index is 2.88. The predicted octanol–water partition coefficient (Wildman–Crippen LogP) is 1.95. The molecule has 0 aromatic heterocycles. The van der Waals surface area contributed by atoms with Gasteiger partial charge in [-0.1, -0.05) is 37.3 Å². The van der Waals surface area contributed by atoms with Crippen molar-refractivity contribution in [1.82, 2.24) is 9.80 Å². The van der Waals surface area contributed by atoms with Gasteiger partial charge in [0.25, 0.3) is 0 Å². The van der Waals surface area contributed by atoms with E-state index in [1.165, 1.54) is 0 Å². The van der Waals surface area contributed by atoms with Gasteiger partial charge < -0.3 is 15.5 Å². The molecule has 4 nitrogen and oxygen atoms in total. The molecule has 0 fully saturated rings. The predicted molar refractivity (Wildman–Crippen MR) is 87.9 cm³/mol. The van der Waals surface area contributed by atoms with Crippen LogP contribution in [0.2, 0.25) is 0 Å². The van der Waals surface area contributed by atoms with Crippen molar-refractivity contribution >= 4 is 5.91 Å². The monoisotopic (exact) mass is 291 g/mol. The van der Waals surface area contributed by atoms with Gasteiger partial charge in [0.05, 0.1) is 5.41 Å². The van der Waals surface area contributed by atoms with Crippen LogP contribution >= 0.6 is 0 Å². The minimum atomic E-state index is -0.471. The minimum absolute atomic E-state index is 0.151. The second kappa shape index (κ2) is 8.15. The number of rotatable bonds is 8. The number of hydrogen-bond acceptors (Lipinski definition) is 3. The second-order valence-electron chi connectivity index (χ2n) is 6.13. The van der Waals surface area contributed by atoms with Gasteiger partial charge in [-0.2, -0.15) is 0 Å². The van der Waals surface area contributed by atoms with Crippen molar-refractivity contribution in [2.24, 2.45) is 11.1 Å². The number of hydrogen-bond donors (Lipinski definition) is 1. The summed E-state index contributed by atoms with van der Waals surface area (Å²) in [7, 11) is 4.04. The Kier molecular flexibility index (Phi) is 6.85. The molecule has 0 saturated heterocycles. The van der Waals surface area contributed by atoms with Crippen molar-refractivity contribution in [3.05, 3.63) is 35.9 Å². The van der Waals surface area contributed by atoms with Crippen LogP contribution in [0.15, 0.2) is 30.3 Å². The van der Waals surface area contributed by atoms with Crippen LogP contribution in [0.25, 0.3) is 0 Å². The van der Waals surface area contributed by atoms with E-state index in [0.717, 1.165) is 25.1 Å². The maximum Gasteiger partial charge on any atom is 0.230 e. The first-order chi connectivity index (χ1) is 9.92. The highest BCUT2D eigenvalue weighted by atomic mass is 16.2. The maximum atomic E-state index is 12.9. The molecule has 0 heterocycles. The smallest absolute Gasteiger partial charge is 0.230 e. The fourth-order valence-electron chi connectivity index (χ4n) is 2.14. The normalized spacial score (nSPS) is 14.0. The number of nitrogens with two attached hydrogens (primary N) is 1. The van der Waals surface area contributed by atoms with Gasteiger partial charge in [0, 0.05) is 26.2 Å². The molecule has 1 aromatic rings. The van der Waals surface area contributed by atoms with E-state index in [1.807, 2.05) is 51.0 Å². The van der Waals surface area contributed by atoms with Gasteiger partial charge >= 0.3 is 0 Å². The van der Waals surface area contributed by atoms with Gasteiger partial charge in [-0.15, -0.1) is 0 Å². The van der Waals surface area contributed by atoms with Crippen LogP contribution < -0.4 is 5.73 Å². The number of amides is 1. The van der Waals surface area contributed by atoms with Crippen LogP contribution in [-0.2, 0) is 11.3 Å². The van der Waals surface area contributed by atoms with Crippen LogP contribution in [-0.4, -0.2) is 49.4 Å². The zero-order chi connectivity index (χ0) is 15.9. The fraction of sp³-hybridized carbons (Fsp3) is 0.588. The lowest BCUT2D eigenvalue weighted by Gasteiger charge is -2.34. The van der Waals surface area contributed by atoms with Crippen molar-refractivity contribution in [2.45, 2.75) is 26.8 Å². The maximum absolute atomic E-state index is 12.9. The molecule has 1 rings (SSSR count). The molecule has 1 aromatic carbocycles. The SMILES string of the molecule is CCC(C)(CN)C(=O)N(CCN(C)C)Cc1ccccc1. The molecular weight excluding hydrogens is 262 g/mol. The Morgan fingerprint density at radius 2 is 1.81 bits per heavy atom. The molecule has 0 aliphatic heterocycles. The molecule has 0 spiro atoms. The molecule has 0 aliphatic carbocycles. The summed E-state index contributed by atoms with van der Waals surface area (Å²) in [5.74, 6) is 0.151. The second-order valence-corrected chi connectivity index (χ2v) is 6.13. The van der Waals surface area contributed by atoms with E-state index in [-0.39, 0.29) is 5.91 Å². The Morgan fingerprint density at radius 3 is 2.29 bits per heavy atom. The molecule has 0 aliphatic rings. The first-order valence-corrected chi connectivity index (χ1v) is 7.61. The fourth-order valence-corrected chi connectivity index (χ4v) is 2.14. The molecule has 4 heteroatoms. The molecule has 118 valence electrons. The highest BCUT2D eigenvalue weighted by Crippen LogP contribution is 2.23. The number of benzene rings is 1. The van der Waals surface area contributed by atoms with Crippen LogP contribution in [0.4, 0.5) is 0 Å². The van der Waals surface area contributed by atoms with Crippen LogP contribution in [0, 0.1) is 5.41 Å². The summed E-state index contributed by atoms with van der Waals surface area (Å²) in [5.41, 5.74) is 6.53. The largest absolute Gasteiger partial charge is 0.337 e. The van der Waals surface area contributed by atoms with Crippen molar-refractivity contribution in [3.8, 4) is 0 Å². The van der Waals surface area contributed by atoms with Crippen molar-refractivity contribution < 1.29 is 4.79 Å². The number of likely N-dealkylation sites (N-methyl/N-ethyl adjacent to an activating group) is 1. The first-order valence-electron chi connectivity index (χ1n) is 7.61. The summed E-state index contributed by atoms with van der Waals surface area (Å²) in [6, 6.07) is 10.1. The van der Waals surface area contributed by atoms with Gasteiger partial charge in [-0.3, -0.25) is 4.79 Å². The van der Waals surface area contributed by atoms with Gasteiger partial charge in [0.1, 0.15) is 0 Å². The Morgan fingerprint density at radius 1 is 1.19 bits per heavy atom. The third-order valence-corrected chi connectivity index (χ3v) is 4.07. The average molecular weight is 291 g/mol. The summed E-state index contributed by atoms with van der Waals surface area (Å²) >= 11 is 0. The van der Waals surface area contributed by atoms with E-state index in [9.17, 15) is 4.79 Å². The zero-order valence-corrected chi connectivity index (χ0v) is 13.8. The van der Waals surface area contributed by atoms with E-state index in [1.54, 1.807) is 0 Å². The van der Waals surface area contributed by atoms with Crippen LogP contribution in [0.1, 0.15) is 25.8 Å². The van der Waals surface area contributed by atoms with E-state index < -0.39 is 5.41 Å². The topological polar surface area (TPSA) is 49.6 Å². The standard InChI is InChI=1S/C17H29N3O/c1-5-17(2,14-18)16(21)20(12-11-19(3)4)13-15-9-7-6-8-10-15/h6-10H,5,11-14,18H2,1-4H3. The summed E-state index contributed by atoms with van der Waals surface area (Å²) < 4.78 is 0. The van der Waals surface area contributed by atoms with Gasteiger partial charge in [-0.25, -0.2) is 0 Å². The van der Waals surface area contributed by atoms with Gasteiger partial charge in [0.15, 0.2) is 0 Å². The molecule has 1 unspecified atom stereocenters. The first kappa shape index (κ1) is 17.7.